The molecule has 1 fully saturated rings. The van der Waals surface area contributed by atoms with Crippen LogP contribution >= 0.6 is 0 Å². The number of rotatable bonds is 8. The third-order valence-corrected chi connectivity index (χ3v) is 5.00. The Morgan fingerprint density at radius 1 is 1.00 bits per heavy atom. The zero-order valence-electron chi connectivity index (χ0n) is 16.3. The zero-order chi connectivity index (χ0) is 18.8. The van der Waals surface area contributed by atoms with Gasteiger partial charge in [-0.3, -0.25) is 4.79 Å². The van der Waals surface area contributed by atoms with Crippen molar-refractivity contribution in [3.63, 3.8) is 0 Å². The van der Waals surface area contributed by atoms with Gasteiger partial charge in [-0.2, -0.15) is 0 Å². The fourth-order valence-electron chi connectivity index (χ4n) is 3.51. The van der Waals surface area contributed by atoms with Crippen molar-refractivity contribution in [2.24, 2.45) is 0 Å². The molecule has 6 nitrogen and oxygen atoms in total. The lowest BCUT2D eigenvalue weighted by Crippen LogP contribution is -2.92. The van der Waals surface area contributed by atoms with Crippen LogP contribution in [-0.4, -0.2) is 39.8 Å². The summed E-state index contributed by atoms with van der Waals surface area (Å²) in [5.74, 6) is 1.80. The minimum atomic E-state index is 0.0563. The van der Waals surface area contributed by atoms with Crippen molar-refractivity contribution in [3.8, 4) is 17.2 Å². The molecule has 2 rings (SSSR count). The molecule has 0 aliphatic heterocycles. The second kappa shape index (κ2) is 10.9. The summed E-state index contributed by atoms with van der Waals surface area (Å²) in [6.07, 6.45) is 9.04. The Morgan fingerprint density at radius 2 is 1.58 bits per heavy atom. The lowest BCUT2D eigenvalue weighted by atomic mass is 9.97. The van der Waals surface area contributed by atoms with Crippen molar-refractivity contribution in [1.82, 2.24) is 5.32 Å². The number of carbonyl (C=O) groups excluding carboxylic acids is 1. The molecule has 1 amide bonds. The average Bonchev–Trinajstić information content (AvgIpc) is 2.64. The van der Waals surface area contributed by atoms with Gasteiger partial charge in [0.1, 0.15) is 0 Å². The fraction of sp³-hybridized carbons (Fsp3) is 0.650. The van der Waals surface area contributed by atoms with E-state index < -0.39 is 0 Å². The van der Waals surface area contributed by atoms with Crippen molar-refractivity contribution in [2.45, 2.75) is 57.5 Å². The SMILES string of the molecule is COc1cc(CNC(=O)C[NH2+]C2CCCCCCC2)cc(OC)c1OC. The molecule has 0 bridgehead atoms. The van der Waals surface area contributed by atoms with Crippen molar-refractivity contribution < 1.29 is 24.3 Å². The Bertz CT molecular complexity index is 544. The van der Waals surface area contributed by atoms with Gasteiger partial charge in [-0.25, -0.2) is 0 Å². The minimum Gasteiger partial charge on any atom is -0.493 e. The van der Waals surface area contributed by atoms with Crippen LogP contribution in [0, 0.1) is 0 Å². The second-order valence-electron chi connectivity index (χ2n) is 6.86. The van der Waals surface area contributed by atoms with Gasteiger partial charge in [0.25, 0.3) is 5.91 Å². The number of quaternary nitrogens is 1. The molecule has 0 radical (unpaired) electrons. The van der Waals surface area contributed by atoms with Gasteiger partial charge in [0, 0.05) is 6.54 Å². The molecule has 3 N–H and O–H groups in total. The number of hydrogen-bond donors (Lipinski definition) is 2. The molecule has 0 aromatic heterocycles. The van der Waals surface area contributed by atoms with Gasteiger partial charge in [0.05, 0.1) is 27.4 Å². The third kappa shape index (κ3) is 6.09. The maximum absolute atomic E-state index is 12.2. The summed E-state index contributed by atoms with van der Waals surface area (Å²) >= 11 is 0. The minimum absolute atomic E-state index is 0.0563. The molecular formula is C20H33N2O4+. The summed E-state index contributed by atoms with van der Waals surface area (Å²) in [6, 6.07) is 4.31. The molecule has 1 aliphatic carbocycles. The maximum atomic E-state index is 12.2. The normalized spacial score (nSPS) is 15.7. The summed E-state index contributed by atoms with van der Waals surface area (Å²) in [7, 11) is 4.75. The monoisotopic (exact) mass is 365 g/mol. The Morgan fingerprint density at radius 3 is 2.12 bits per heavy atom. The topological polar surface area (TPSA) is 73.4 Å². The summed E-state index contributed by atoms with van der Waals surface area (Å²) in [5.41, 5.74) is 0.916. The smallest absolute Gasteiger partial charge is 0.275 e. The van der Waals surface area contributed by atoms with Crippen LogP contribution in [0.3, 0.4) is 0 Å². The van der Waals surface area contributed by atoms with E-state index in [9.17, 15) is 4.79 Å². The van der Waals surface area contributed by atoms with Crippen molar-refractivity contribution >= 4 is 5.91 Å². The van der Waals surface area contributed by atoms with E-state index in [-0.39, 0.29) is 5.91 Å². The number of amides is 1. The van der Waals surface area contributed by atoms with Crippen LogP contribution in [0.15, 0.2) is 12.1 Å². The van der Waals surface area contributed by atoms with Crippen molar-refractivity contribution in [2.75, 3.05) is 27.9 Å². The van der Waals surface area contributed by atoms with Crippen LogP contribution < -0.4 is 24.8 Å². The quantitative estimate of drug-likeness (QED) is 0.739. The molecule has 1 aliphatic rings. The Hall–Kier alpha value is -1.95. The first-order valence-electron chi connectivity index (χ1n) is 9.56. The molecule has 1 aromatic rings. The van der Waals surface area contributed by atoms with Crippen LogP contribution in [0.1, 0.15) is 50.5 Å². The standard InChI is InChI=1S/C20H32N2O4/c1-24-17-11-15(12-18(25-2)20(17)26-3)13-22-19(23)14-21-16-9-7-5-4-6-8-10-16/h11-12,16,21H,4-10,13-14H2,1-3H3,(H,22,23)/p+1. The van der Waals surface area contributed by atoms with Gasteiger partial charge in [-0.05, 0) is 43.4 Å². The van der Waals surface area contributed by atoms with Crippen LogP contribution in [0.25, 0.3) is 0 Å². The Kier molecular flexibility index (Phi) is 8.54. The molecule has 1 saturated carbocycles. The Balaban J connectivity index is 1.84. The van der Waals surface area contributed by atoms with Gasteiger partial charge in [-0.15, -0.1) is 0 Å². The highest BCUT2D eigenvalue weighted by Crippen LogP contribution is 2.38. The summed E-state index contributed by atoms with van der Waals surface area (Å²) < 4.78 is 16.0. The molecular weight excluding hydrogens is 332 g/mol. The molecule has 0 unspecified atom stereocenters. The predicted octanol–water partition coefficient (Wildman–Crippen LogP) is 2.00. The van der Waals surface area contributed by atoms with E-state index in [1.54, 1.807) is 21.3 Å². The number of ether oxygens (including phenoxy) is 3. The number of benzene rings is 1. The average molecular weight is 365 g/mol. The van der Waals surface area contributed by atoms with E-state index in [0.29, 0.717) is 36.4 Å². The predicted molar refractivity (Wildman–Crippen MR) is 101 cm³/mol. The van der Waals surface area contributed by atoms with E-state index >= 15 is 0 Å². The van der Waals surface area contributed by atoms with Gasteiger partial charge in [0.15, 0.2) is 18.0 Å². The lowest BCUT2D eigenvalue weighted by molar-refractivity contribution is -0.680. The number of nitrogens with one attached hydrogen (secondary N) is 1. The number of hydrogen-bond acceptors (Lipinski definition) is 4. The Labute approximate surface area is 156 Å². The molecule has 6 heteroatoms. The first kappa shape index (κ1) is 20.4. The largest absolute Gasteiger partial charge is 0.493 e. The zero-order valence-corrected chi connectivity index (χ0v) is 16.3. The molecule has 26 heavy (non-hydrogen) atoms. The summed E-state index contributed by atoms with van der Waals surface area (Å²) in [5, 5.41) is 5.19. The third-order valence-electron chi connectivity index (χ3n) is 5.00. The summed E-state index contributed by atoms with van der Waals surface area (Å²) in [4.78, 5) is 12.2. The first-order valence-corrected chi connectivity index (χ1v) is 9.56. The number of nitrogens with two attached hydrogens (primary N) is 1. The van der Waals surface area contributed by atoms with E-state index in [1.165, 1.54) is 44.9 Å². The van der Waals surface area contributed by atoms with Gasteiger partial charge < -0.3 is 24.8 Å². The highest BCUT2D eigenvalue weighted by Gasteiger charge is 2.16. The van der Waals surface area contributed by atoms with Crippen molar-refractivity contribution in [1.29, 1.82) is 0 Å². The van der Waals surface area contributed by atoms with Crippen LogP contribution in [-0.2, 0) is 11.3 Å². The number of methoxy groups -OCH3 is 3. The van der Waals surface area contributed by atoms with Crippen LogP contribution in [0.2, 0.25) is 0 Å². The first-order chi connectivity index (χ1) is 12.7. The van der Waals surface area contributed by atoms with E-state index in [1.807, 2.05) is 12.1 Å². The molecule has 146 valence electrons. The van der Waals surface area contributed by atoms with E-state index in [4.69, 9.17) is 14.2 Å². The van der Waals surface area contributed by atoms with Gasteiger partial charge in [0.2, 0.25) is 5.75 Å². The molecule has 0 spiro atoms. The highest BCUT2D eigenvalue weighted by atomic mass is 16.5. The van der Waals surface area contributed by atoms with Crippen LogP contribution in [0.5, 0.6) is 17.2 Å². The van der Waals surface area contributed by atoms with E-state index in [2.05, 4.69) is 10.6 Å². The van der Waals surface area contributed by atoms with Crippen molar-refractivity contribution in [3.05, 3.63) is 17.7 Å². The molecule has 0 heterocycles. The van der Waals surface area contributed by atoms with Gasteiger partial charge >= 0.3 is 0 Å². The molecule has 0 saturated heterocycles. The van der Waals surface area contributed by atoms with Crippen LogP contribution in [0.4, 0.5) is 0 Å². The van der Waals surface area contributed by atoms with Gasteiger partial charge in [-0.1, -0.05) is 19.3 Å². The lowest BCUT2D eigenvalue weighted by Gasteiger charge is -2.18. The summed E-state index contributed by atoms with van der Waals surface area (Å²) in [6.45, 7) is 0.920. The maximum Gasteiger partial charge on any atom is 0.275 e. The van der Waals surface area contributed by atoms with E-state index in [0.717, 1.165) is 5.56 Å². The molecule has 0 atom stereocenters. The second-order valence-corrected chi connectivity index (χ2v) is 6.86. The number of carbonyl (C=O) groups is 1. The molecule has 1 aromatic carbocycles. The highest BCUT2D eigenvalue weighted by molar-refractivity contribution is 5.76. The fourth-order valence-corrected chi connectivity index (χ4v) is 3.51.